The number of benzene rings is 2. The average Bonchev–Trinajstić information content (AvgIpc) is 3.16. The Hall–Kier alpha value is -1.58. The van der Waals surface area contributed by atoms with Crippen LogP contribution in [0.5, 0.6) is 0 Å². The maximum absolute atomic E-state index is 6.58. The monoisotopic (exact) mass is 558 g/mol. The fourth-order valence-corrected chi connectivity index (χ4v) is 7.61. The maximum atomic E-state index is 6.58. The predicted molar refractivity (Wildman–Crippen MR) is 178 cm³/mol. The zero-order valence-corrected chi connectivity index (χ0v) is 27.8. The van der Waals surface area contributed by atoms with E-state index in [4.69, 9.17) is 9.31 Å². The van der Waals surface area contributed by atoms with Crippen LogP contribution in [0.25, 0.3) is 11.1 Å². The summed E-state index contributed by atoms with van der Waals surface area (Å²) < 4.78 is 13.2. The molecule has 1 heterocycles. The highest BCUT2D eigenvalue weighted by Gasteiger charge is 2.54. The van der Waals surface area contributed by atoms with Gasteiger partial charge in [0.05, 0.1) is 11.2 Å². The van der Waals surface area contributed by atoms with Crippen LogP contribution in [0.1, 0.15) is 156 Å². The second-order valence-electron chi connectivity index (χ2n) is 14.7. The topological polar surface area (TPSA) is 18.5 Å². The van der Waals surface area contributed by atoms with Crippen LogP contribution in [-0.2, 0) is 20.1 Å². The summed E-state index contributed by atoms with van der Waals surface area (Å²) in [6, 6.07) is 16.4. The van der Waals surface area contributed by atoms with Gasteiger partial charge in [-0.2, -0.15) is 0 Å². The lowest BCUT2D eigenvalue weighted by atomic mass is 9.50. The summed E-state index contributed by atoms with van der Waals surface area (Å²) in [6.45, 7) is 18.4. The number of hydrogen-bond acceptors (Lipinski definition) is 2. The lowest BCUT2D eigenvalue weighted by Gasteiger charge is -2.53. The summed E-state index contributed by atoms with van der Waals surface area (Å²) in [6.07, 6.45) is 18.6. The van der Waals surface area contributed by atoms with Crippen molar-refractivity contribution in [1.29, 1.82) is 0 Å². The van der Waals surface area contributed by atoms with E-state index in [1.807, 2.05) is 0 Å². The summed E-state index contributed by atoms with van der Waals surface area (Å²) in [7, 11) is -0.327. The third kappa shape index (κ3) is 6.52. The van der Waals surface area contributed by atoms with Crippen molar-refractivity contribution in [3.8, 4) is 11.1 Å². The van der Waals surface area contributed by atoms with Gasteiger partial charge in [-0.15, -0.1) is 0 Å². The molecule has 0 aromatic heterocycles. The normalized spacial score (nSPS) is 19.7. The molecule has 1 fully saturated rings. The molecule has 41 heavy (non-hydrogen) atoms. The van der Waals surface area contributed by atoms with Crippen molar-refractivity contribution in [2.24, 2.45) is 0 Å². The van der Waals surface area contributed by atoms with E-state index >= 15 is 0 Å². The molecule has 2 aromatic rings. The standard InChI is InChI=1S/C38H59BO2/c1-9-11-13-15-17-21-27-38(28-22-18-16-14-12-10-2)34-29-30(39-40-36(5,6)37(7,8)41-39)25-26-32(34)31-23-19-20-24-33(31)35(38,3)4/h19-20,23-26,29H,9-18,21-22,27-28H2,1-8H3. The van der Waals surface area contributed by atoms with Crippen LogP contribution in [0.2, 0.25) is 0 Å². The highest BCUT2D eigenvalue weighted by Crippen LogP contribution is 2.58. The van der Waals surface area contributed by atoms with Gasteiger partial charge in [0.2, 0.25) is 0 Å². The minimum absolute atomic E-state index is 0.0397. The van der Waals surface area contributed by atoms with Crippen LogP contribution >= 0.6 is 0 Å². The Morgan fingerprint density at radius 3 is 1.61 bits per heavy atom. The summed E-state index contributed by atoms with van der Waals surface area (Å²) in [5, 5.41) is 0. The SMILES string of the molecule is CCCCCCCCC1(CCCCCCCC)c2cc(B3OC(C)(C)C(C)(C)O3)ccc2-c2ccccc2C1(C)C. The molecule has 3 heteroatoms. The Bertz CT molecular complexity index is 1100. The van der Waals surface area contributed by atoms with Gasteiger partial charge in [0.1, 0.15) is 0 Å². The largest absolute Gasteiger partial charge is 0.494 e. The van der Waals surface area contributed by atoms with Gasteiger partial charge in [-0.1, -0.05) is 147 Å². The Morgan fingerprint density at radius 2 is 1.05 bits per heavy atom. The van der Waals surface area contributed by atoms with Gasteiger partial charge in [-0.05, 0) is 73.7 Å². The molecule has 4 rings (SSSR count). The van der Waals surface area contributed by atoms with Crippen molar-refractivity contribution in [1.82, 2.24) is 0 Å². The fourth-order valence-electron chi connectivity index (χ4n) is 7.61. The molecule has 1 aliphatic heterocycles. The molecule has 0 radical (unpaired) electrons. The van der Waals surface area contributed by atoms with E-state index in [1.165, 1.54) is 118 Å². The van der Waals surface area contributed by atoms with Gasteiger partial charge >= 0.3 is 7.12 Å². The first-order chi connectivity index (χ1) is 19.5. The Balaban J connectivity index is 1.75. The molecule has 1 saturated heterocycles. The van der Waals surface area contributed by atoms with Crippen molar-refractivity contribution in [3.63, 3.8) is 0 Å². The third-order valence-electron chi connectivity index (χ3n) is 11.1. The molecule has 0 amide bonds. The molecule has 0 saturated carbocycles. The zero-order chi connectivity index (χ0) is 29.7. The van der Waals surface area contributed by atoms with Crippen LogP contribution in [0.3, 0.4) is 0 Å². The Labute approximate surface area is 253 Å². The van der Waals surface area contributed by atoms with Gasteiger partial charge in [-0.25, -0.2) is 0 Å². The number of unbranched alkanes of at least 4 members (excludes halogenated alkanes) is 10. The molecular weight excluding hydrogens is 499 g/mol. The van der Waals surface area contributed by atoms with Crippen molar-refractivity contribution in [2.75, 3.05) is 0 Å². The first-order valence-corrected chi connectivity index (χ1v) is 17.1. The van der Waals surface area contributed by atoms with Gasteiger partial charge in [-0.3, -0.25) is 0 Å². The number of fused-ring (bicyclic) bond motifs is 3. The molecule has 2 aliphatic rings. The highest BCUT2D eigenvalue weighted by molar-refractivity contribution is 6.62. The predicted octanol–water partition coefficient (Wildman–Crippen LogP) is 10.7. The van der Waals surface area contributed by atoms with Crippen LogP contribution in [-0.4, -0.2) is 18.3 Å². The van der Waals surface area contributed by atoms with Crippen LogP contribution < -0.4 is 5.46 Å². The van der Waals surface area contributed by atoms with Gasteiger partial charge in [0.15, 0.2) is 0 Å². The lowest BCUT2D eigenvalue weighted by Crippen LogP contribution is -2.49. The van der Waals surface area contributed by atoms with E-state index in [9.17, 15) is 0 Å². The van der Waals surface area contributed by atoms with E-state index in [2.05, 4.69) is 97.9 Å². The quantitative estimate of drug-likeness (QED) is 0.160. The van der Waals surface area contributed by atoms with Crippen LogP contribution in [0.15, 0.2) is 42.5 Å². The van der Waals surface area contributed by atoms with E-state index in [-0.39, 0.29) is 29.2 Å². The van der Waals surface area contributed by atoms with E-state index in [1.54, 1.807) is 0 Å². The van der Waals surface area contributed by atoms with E-state index in [0.717, 1.165) is 0 Å². The summed E-state index contributed by atoms with van der Waals surface area (Å²) in [5.74, 6) is 0. The van der Waals surface area contributed by atoms with Crippen molar-refractivity contribution in [3.05, 3.63) is 53.6 Å². The van der Waals surface area contributed by atoms with Crippen LogP contribution in [0.4, 0.5) is 0 Å². The van der Waals surface area contributed by atoms with E-state index < -0.39 is 0 Å². The molecular formula is C38H59BO2. The van der Waals surface area contributed by atoms with Gasteiger partial charge < -0.3 is 9.31 Å². The first-order valence-electron chi connectivity index (χ1n) is 17.1. The van der Waals surface area contributed by atoms with Crippen molar-refractivity contribution in [2.45, 2.75) is 167 Å². The molecule has 1 aliphatic carbocycles. The van der Waals surface area contributed by atoms with Crippen molar-refractivity contribution >= 4 is 12.6 Å². The summed E-state index contributed by atoms with van der Waals surface area (Å²) >= 11 is 0. The minimum atomic E-state index is -0.340. The molecule has 226 valence electrons. The third-order valence-corrected chi connectivity index (χ3v) is 11.1. The molecule has 2 aromatic carbocycles. The minimum Gasteiger partial charge on any atom is -0.399 e. The van der Waals surface area contributed by atoms with Crippen LogP contribution in [0, 0.1) is 0 Å². The smallest absolute Gasteiger partial charge is 0.399 e. The molecule has 0 atom stereocenters. The summed E-state index contributed by atoms with van der Waals surface area (Å²) in [4.78, 5) is 0. The molecule has 0 bridgehead atoms. The second-order valence-corrected chi connectivity index (χ2v) is 14.7. The Morgan fingerprint density at radius 1 is 0.561 bits per heavy atom. The molecule has 0 spiro atoms. The van der Waals surface area contributed by atoms with E-state index in [0.29, 0.717) is 0 Å². The number of rotatable bonds is 15. The zero-order valence-electron chi connectivity index (χ0n) is 27.8. The maximum Gasteiger partial charge on any atom is 0.494 e. The molecule has 0 unspecified atom stereocenters. The van der Waals surface area contributed by atoms with Gasteiger partial charge in [0.25, 0.3) is 0 Å². The molecule has 2 nitrogen and oxygen atoms in total. The fraction of sp³-hybridized carbons (Fsp3) is 0.684. The Kier molecular flexibility index (Phi) is 10.6. The summed E-state index contributed by atoms with van der Waals surface area (Å²) in [5.41, 5.74) is 6.52. The second kappa shape index (κ2) is 13.4. The lowest BCUT2D eigenvalue weighted by molar-refractivity contribution is 0.00578. The first kappa shape index (κ1) is 32.3. The van der Waals surface area contributed by atoms with Gasteiger partial charge in [0, 0.05) is 5.41 Å². The average molecular weight is 559 g/mol. The highest BCUT2D eigenvalue weighted by atomic mass is 16.7. The number of hydrogen-bond donors (Lipinski definition) is 0. The molecule has 0 N–H and O–H groups in total. The van der Waals surface area contributed by atoms with Crippen molar-refractivity contribution < 1.29 is 9.31 Å².